The molecule has 0 bridgehead atoms. The van der Waals surface area contributed by atoms with E-state index >= 15 is 0 Å². The molecule has 1 aromatic heterocycles. The summed E-state index contributed by atoms with van der Waals surface area (Å²) in [6, 6.07) is 1.66. The monoisotopic (exact) mass is 347 g/mol. The van der Waals surface area contributed by atoms with Crippen LogP contribution in [-0.2, 0) is 10.0 Å². The number of hydrogen-bond donors (Lipinski definition) is 1. The van der Waals surface area contributed by atoms with E-state index in [1.807, 2.05) is 6.92 Å². The average molecular weight is 348 g/mol. The fourth-order valence-electron chi connectivity index (χ4n) is 1.94. The van der Waals surface area contributed by atoms with Gasteiger partial charge in [-0.05, 0) is 41.3 Å². The summed E-state index contributed by atoms with van der Waals surface area (Å²) in [5.41, 5.74) is 5.72. The normalized spacial score (nSPS) is 15.9. The van der Waals surface area contributed by atoms with Gasteiger partial charge in [-0.3, -0.25) is 0 Å². The molecule has 0 unspecified atom stereocenters. The fraction of sp³-hybridized carbons (Fsp3) is 0.583. The third kappa shape index (κ3) is 3.27. The maximum absolute atomic E-state index is 12.7. The number of rotatable bonds is 6. The highest BCUT2D eigenvalue weighted by molar-refractivity contribution is 9.10. The predicted molar refractivity (Wildman–Crippen MR) is 78.2 cm³/mol. The Labute approximate surface area is 122 Å². The van der Waals surface area contributed by atoms with E-state index in [9.17, 15) is 8.42 Å². The highest BCUT2D eigenvalue weighted by Gasteiger charge is 2.38. The van der Waals surface area contributed by atoms with Crippen LogP contribution in [0.2, 0.25) is 0 Å². The van der Waals surface area contributed by atoms with Gasteiger partial charge in [0.15, 0.2) is 0 Å². The van der Waals surface area contributed by atoms with Crippen LogP contribution in [0.3, 0.4) is 0 Å². The zero-order chi connectivity index (χ0) is 14.0. The van der Waals surface area contributed by atoms with Crippen molar-refractivity contribution >= 4 is 31.8 Å². The lowest BCUT2D eigenvalue weighted by Crippen LogP contribution is -2.34. The molecular formula is C12H18BrN3O2S. The Kier molecular flexibility index (Phi) is 4.47. The van der Waals surface area contributed by atoms with Crippen LogP contribution in [0.1, 0.15) is 32.6 Å². The first-order chi connectivity index (χ1) is 8.96. The minimum absolute atomic E-state index is 0.0605. The molecule has 5 nitrogen and oxygen atoms in total. The van der Waals surface area contributed by atoms with Crippen LogP contribution in [0.15, 0.2) is 21.6 Å². The van der Waals surface area contributed by atoms with Crippen LogP contribution in [0.25, 0.3) is 0 Å². The maximum atomic E-state index is 12.7. The van der Waals surface area contributed by atoms with Gasteiger partial charge in [0, 0.05) is 23.3 Å². The van der Waals surface area contributed by atoms with Crippen LogP contribution in [0.5, 0.6) is 0 Å². The van der Waals surface area contributed by atoms with E-state index < -0.39 is 10.0 Å². The Bertz CT molecular complexity index is 558. The van der Waals surface area contributed by atoms with Gasteiger partial charge in [0.25, 0.3) is 0 Å². The number of nitrogen functional groups attached to an aromatic ring is 1. The Morgan fingerprint density at radius 3 is 2.79 bits per heavy atom. The molecule has 7 heteroatoms. The first kappa shape index (κ1) is 14.7. The van der Waals surface area contributed by atoms with Crippen molar-refractivity contribution < 1.29 is 8.42 Å². The molecule has 0 spiro atoms. The smallest absolute Gasteiger partial charge is 0.247 e. The molecule has 1 aromatic rings. The minimum atomic E-state index is -3.55. The fourth-order valence-corrected chi connectivity index (χ4v) is 4.24. The van der Waals surface area contributed by atoms with Crippen molar-refractivity contribution in [1.82, 2.24) is 9.29 Å². The number of unbranched alkanes of at least 4 members (excludes halogenated alkanes) is 1. The number of nitrogens with two attached hydrogens (primary N) is 1. The molecule has 0 aliphatic heterocycles. The quantitative estimate of drug-likeness (QED) is 0.856. The lowest BCUT2D eigenvalue weighted by atomic mass is 10.3. The molecule has 0 aromatic carbocycles. The SMILES string of the molecule is CCCCN(C1CC1)S(=O)(=O)c1cc(Br)cnc1N. The summed E-state index contributed by atoms with van der Waals surface area (Å²) < 4.78 is 27.6. The molecule has 2 N–H and O–H groups in total. The summed E-state index contributed by atoms with van der Waals surface area (Å²) in [6.07, 6.45) is 5.19. The van der Waals surface area contributed by atoms with Gasteiger partial charge in [-0.25, -0.2) is 13.4 Å². The highest BCUT2D eigenvalue weighted by atomic mass is 79.9. The summed E-state index contributed by atoms with van der Waals surface area (Å²) in [5.74, 6) is 0.0605. The summed E-state index contributed by atoms with van der Waals surface area (Å²) in [7, 11) is -3.55. The van der Waals surface area contributed by atoms with Crippen molar-refractivity contribution in [2.75, 3.05) is 12.3 Å². The molecular weight excluding hydrogens is 330 g/mol. The van der Waals surface area contributed by atoms with Crippen LogP contribution in [0, 0.1) is 0 Å². The van der Waals surface area contributed by atoms with Crippen molar-refractivity contribution in [2.45, 2.75) is 43.5 Å². The number of pyridine rings is 1. The molecule has 2 rings (SSSR count). The molecule has 1 aliphatic carbocycles. The topological polar surface area (TPSA) is 76.3 Å². The molecule has 0 atom stereocenters. The van der Waals surface area contributed by atoms with Crippen molar-refractivity contribution in [1.29, 1.82) is 0 Å². The lowest BCUT2D eigenvalue weighted by Gasteiger charge is -2.22. The van der Waals surface area contributed by atoms with Gasteiger partial charge in [0.1, 0.15) is 10.7 Å². The van der Waals surface area contributed by atoms with Crippen molar-refractivity contribution in [3.8, 4) is 0 Å². The summed E-state index contributed by atoms with van der Waals surface area (Å²) in [6.45, 7) is 2.60. The molecule has 1 heterocycles. The molecule has 1 aliphatic rings. The van der Waals surface area contributed by atoms with E-state index in [1.165, 1.54) is 12.3 Å². The Morgan fingerprint density at radius 1 is 1.53 bits per heavy atom. The average Bonchev–Trinajstić information content (AvgIpc) is 3.17. The number of sulfonamides is 1. The molecule has 1 saturated carbocycles. The van der Waals surface area contributed by atoms with Crippen molar-refractivity contribution in [3.63, 3.8) is 0 Å². The molecule has 106 valence electrons. The van der Waals surface area contributed by atoms with Crippen molar-refractivity contribution in [2.24, 2.45) is 0 Å². The summed E-state index contributed by atoms with van der Waals surface area (Å²) >= 11 is 3.24. The zero-order valence-corrected chi connectivity index (χ0v) is 13.2. The molecule has 0 radical (unpaired) electrons. The summed E-state index contributed by atoms with van der Waals surface area (Å²) in [5, 5.41) is 0. The second-order valence-electron chi connectivity index (χ2n) is 4.74. The van der Waals surface area contributed by atoms with Gasteiger partial charge in [-0.15, -0.1) is 0 Å². The second-order valence-corrected chi connectivity index (χ2v) is 7.51. The van der Waals surface area contributed by atoms with Gasteiger partial charge >= 0.3 is 0 Å². The number of hydrogen-bond acceptors (Lipinski definition) is 4. The Morgan fingerprint density at radius 2 is 2.21 bits per heavy atom. The van der Waals surface area contributed by atoms with E-state index in [0.29, 0.717) is 11.0 Å². The van der Waals surface area contributed by atoms with Gasteiger partial charge < -0.3 is 5.73 Å². The molecule has 19 heavy (non-hydrogen) atoms. The van der Waals surface area contributed by atoms with Gasteiger partial charge in [0.05, 0.1) is 0 Å². The van der Waals surface area contributed by atoms with Crippen LogP contribution >= 0.6 is 15.9 Å². The number of aromatic nitrogens is 1. The predicted octanol–water partition coefficient (Wildman–Crippen LogP) is 2.38. The molecule has 1 fully saturated rings. The van der Waals surface area contributed by atoms with Gasteiger partial charge in [-0.1, -0.05) is 13.3 Å². The third-order valence-corrected chi connectivity index (χ3v) is 5.54. The van der Waals surface area contributed by atoms with Gasteiger partial charge in [0.2, 0.25) is 10.0 Å². The first-order valence-electron chi connectivity index (χ1n) is 6.39. The highest BCUT2D eigenvalue weighted by Crippen LogP contribution is 2.34. The standard InChI is InChI=1S/C12H18BrN3O2S/c1-2-3-6-16(10-4-5-10)19(17,18)11-7-9(13)8-15-12(11)14/h7-8,10H,2-6H2,1H3,(H2,14,15). The number of nitrogens with zero attached hydrogens (tertiary/aromatic N) is 2. The van der Waals surface area contributed by atoms with Crippen molar-refractivity contribution in [3.05, 3.63) is 16.7 Å². The van der Waals surface area contributed by atoms with Gasteiger partial charge in [-0.2, -0.15) is 4.31 Å². The maximum Gasteiger partial charge on any atom is 0.247 e. The van der Waals surface area contributed by atoms with E-state index in [1.54, 1.807) is 4.31 Å². The number of anilines is 1. The van der Waals surface area contributed by atoms with E-state index in [4.69, 9.17) is 5.73 Å². The molecule has 0 saturated heterocycles. The lowest BCUT2D eigenvalue weighted by molar-refractivity contribution is 0.396. The van der Waals surface area contributed by atoms with E-state index in [2.05, 4.69) is 20.9 Å². The minimum Gasteiger partial charge on any atom is -0.383 e. The summed E-state index contributed by atoms with van der Waals surface area (Å²) in [4.78, 5) is 4.01. The largest absolute Gasteiger partial charge is 0.383 e. The van der Waals surface area contributed by atoms with Crippen LogP contribution in [0.4, 0.5) is 5.82 Å². The van der Waals surface area contributed by atoms with Crippen LogP contribution in [-0.4, -0.2) is 30.3 Å². The van der Waals surface area contributed by atoms with E-state index in [0.717, 1.165) is 25.7 Å². The number of halogens is 1. The Balaban J connectivity index is 2.35. The second kappa shape index (κ2) is 5.76. The first-order valence-corrected chi connectivity index (χ1v) is 8.63. The Hall–Kier alpha value is -0.660. The third-order valence-electron chi connectivity index (χ3n) is 3.12. The zero-order valence-electron chi connectivity index (χ0n) is 10.8. The van der Waals surface area contributed by atoms with E-state index in [-0.39, 0.29) is 16.8 Å². The van der Waals surface area contributed by atoms with Crippen LogP contribution < -0.4 is 5.73 Å². The molecule has 0 amide bonds.